The number of aromatic nitrogens is 1. The lowest BCUT2D eigenvalue weighted by molar-refractivity contribution is -0.139. The molecular weight excluding hydrogens is 436 g/mol. The van der Waals surface area contributed by atoms with Gasteiger partial charge in [-0.25, -0.2) is 12.4 Å². The first-order valence-corrected chi connectivity index (χ1v) is 12.2. The van der Waals surface area contributed by atoms with Gasteiger partial charge in [-0.15, -0.1) is 0 Å². The van der Waals surface area contributed by atoms with Crippen LogP contribution in [0, 0.1) is 6.92 Å². The summed E-state index contributed by atoms with van der Waals surface area (Å²) in [5.41, 5.74) is 3.12. The standard InChI is InChI=1S/C26H26N2O4S/c1-18-12-14-22(15-13-18)33(31,32)28-17-21(23-10-6-7-11-25(23)28)16-24(26(29)30)27-19(2)20-8-4-3-5-9-20/h3-15,17,19,24,27H,16H2,1-2H3,(H,29,30)/t19-,24+/m1/s1. The molecule has 0 radical (unpaired) electrons. The van der Waals surface area contributed by atoms with Crippen molar-refractivity contribution in [3.8, 4) is 0 Å². The monoisotopic (exact) mass is 462 g/mol. The molecule has 2 N–H and O–H groups in total. The van der Waals surface area contributed by atoms with E-state index in [4.69, 9.17) is 0 Å². The van der Waals surface area contributed by atoms with Crippen molar-refractivity contribution in [2.24, 2.45) is 0 Å². The van der Waals surface area contributed by atoms with Crippen LogP contribution in [0.3, 0.4) is 0 Å². The van der Waals surface area contributed by atoms with Gasteiger partial charge in [-0.3, -0.25) is 10.1 Å². The van der Waals surface area contributed by atoms with Crippen LogP contribution in [-0.4, -0.2) is 29.5 Å². The Bertz CT molecular complexity index is 1380. The number of hydrogen-bond donors (Lipinski definition) is 2. The van der Waals surface area contributed by atoms with E-state index >= 15 is 0 Å². The Morgan fingerprint density at radius 2 is 1.61 bits per heavy atom. The number of rotatable bonds is 8. The zero-order valence-electron chi connectivity index (χ0n) is 18.5. The van der Waals surface area contributed by atoms with Crippen LogP contribution in [0.25, 0.3) is 10.9 Å². The van der Waals surface area contributed by atoms with Gasteiger partial charge in [0, 0.05) is 24.0 Å². The summed E-state index contributed by atoms with van der Waals surface area (Å²) >= 11 is 0. The maximum Gasteiger partial charge on any atom is 0.321 e. The number of nitrogens with one attached hydrogen (secondary N) is 1. The van der Waals surface area contributed by atoms with Crippen molar-refractivity contribution < 1.29 is 18.3 Å². The van der Waals surface area contributed by atoms with Crippen LogP contribution in [0.15, 0.2) is 90.0 Å². The molecular formula is C26H26N2O4S. The van der Waals surface area contributed by atoms with Gasteiger partial charge in [0.05, 0.1) is 10.4 Å². The number of aryl methyl sites for hydroxylation is 1. The first kappa shape index (κ1) is 22.8. The molecule has 0 saturated heterocycles. The molecule has 0 aliphatic rings. The van der Waals surface area contributed by atoms with E-state index in [2.05, 4.69) is 5.32 Å². The van der Waals surface area contributed by atoms with E-state index in [0.29, 0.717) is 16.5 Å². The molecule has 0 aliphatic heterocycles. The lowest BCUT2D eigenvalue weighted by Crippen LogP contribution is -2.40. The van der Waals surface area contributed by atoms with Crippen LogP contribution in [0.4, 0.5) is 0 Å². The molecule has 0 aliphatic carbocycles. The Morgan fingerprint density at radius 1 is 0.970 bits per heavy atom. The maximum atomic E-state index is 13.4. The summed E-state index contributed by atoms with van der Waals surface area (Å²) in [5.74, 6) is -0.990. The van der Waals surface area contributed by atoms with Crippen LogP contribution < -0.4 is 5.32 Å². The third-order valence-electron chi connectivity index (χ3n) is 5.81. The van der Waals surface area contributed by atoms with Gasteiger partial charge >= 0.3 is 5.97 Å². The Labute approximate surface area is 193 Å². The number of hydrogen-bond acceptors (Lipinski definition) is 4. The molecule has 0 amide bonds. The molecule has 0 bridgehead atoms. The maximum absolute atomic E-state index is 13.4. The highest BCUT2D eigenvalue weighted by Gasteiger charge is 2.25. The minimum atomic E-state index is -3.83. The van der Waals surface area contributed by atoms with Crippen molar-refractivity contribution in [3.05, 3.63) is 102 Å². The third kappa shape index (κ3) is 4.69. The van der Waals surface area contributed by atoms with Gasteiger partial charge < -0.3 is 5.11 Å². The number of aliphatic carboxylic acids is 1. The summed E-state index contributed by atoms with van der Waals surface area (Å²) in [6.07, 6.45) is 1.69. The minimum Gasteiger partial charge on any atom is -0.480 e. The average molecular weight is 463 g/mol. The fourth-order valence-corrected chi connectivity index (χ4v) is 5.37. The SMILES string of the molecule is Cc1ccc(S(=O)(=O)n2cc(C[C@H](N[C@H](C)c3ccccc3)C(=O)O)c3ccccc32)cc1. The molecule has 170 valence electrons. The number of para-hydroxylation sites is 1. The Balaban J connectivity index is 1.71. The van der Waals surface area contributed by atoms with Gasteiger partial charge in [0.2, 0.25) is 0 Å². The smallest absolute Gasteiger partial charge is 0.321 e. The number of benzene rings is 3. The van der Waals surface area contributed by atoms with Gasteiger partial charge in [-0.1, -0.05) is 66.2 Å². The summed E-state index contributed by atoms with van der Waals surface area (Å²) in [6, 6.07) is 22.4. The predicted molar refractivity (Wildman–Crippen MR) is 129 cm³/mol. The molecule has 7 heteroatoms. The summed E-state index contributed by atoms with van der Waals surface area (Å²) in [4.78, 5) is 12.3. The van der Waals surface area contributed by atoms with Gasteiger partial charge in [0.25, 0.3) is 10.0 Å². The largest absolute Gasteiger partial charge is 0.480 e. The van der Waals surface area contributed by atoms with E-state index in [-0.39, 0.29) is 17.4 Å². The molecule has 1 aromatic heterocycles. The number of carboxylic acids is 1. The Kier molecular flexibility index (Phi) is 6.35. The summed E-state index contributed by atoms with van der Waals surface area (Å²) in [6.45, 7) is 3.81. The van der Waals surface area contributed by atoms with Crippen LogP contribution in [0.5, 0.6) is 0 Å². The third-order valence-corrected chi connectivity index (χ3v) is 7.50. The molecule has 0 spiro atoms. The van der Waals surface area contributed by atoms with Crippen molar-refractivity contribution in [2.75, 3.05) is 0 Å². The number of fused-ring (bicyclic) bond motifs is 1. The summed E-state index contributed by atoms with van der Waals surface area (Å²) in [7, 11) is -3.83. The number of carbonyl (C=O) groups is 1. The quantitative estimate of drug-likeness (QED) is 0.402. The van der Waals surface area contributed by atoms with Crippen LogP contribution in [0.1, 0.15) is 29.7 Å². The van der Waals surface area contributed by atoms with E-state index in [1.165, 1.54) is 3.97 Å². The molecule has 4 aromatic rings. The second-order valence-corrected chi connectivity index (χ2v) is 9.99. The second-order valence-electron chi connectivity index (χ2n) is 8.18. The molecule has 0 unspecified atom stereocenters. The van der Waals surface area contributed by atoms with Crippen molar-refractivity contribution in [1.29, 1.82) is 0 Å². The van der Waals surface area contributed by atoms with E-state index in [9.17, 15) is 18.3 Å². The molecule has 1 heterocycles. The predicted octanol–water partition coefficient (Wildman–Crippen LogP) is 4.53. The fraction of sp³-hybridized carbons (Fsp3) is 0.192. The number of nitrogens with zero attached hydrogens (tertiary/aromatic N) is 1. The minimum absolute atomic E-state index is 0.142. The first-order valence-electron chi connectivity index (χ1n) is 10.7. The summed E-state index contributed by atoms with van der Waals surface area (Å²) < 4.78 is 28.0. The van der Waals surface area contributed by atoms with E-state index in [1.807, 2.05) is 56.3 Å². The van der Waals surface area contributed by atoms with Gasteiger partial charge in [0.15, 0.2) is 0 Å². The van der Waals surface area contributed by atoms with Crippen molar-refractivity contribution in [1.82, 2.24) is 9.29 Å². The first-order chi connectivity index (χ1) is 15.8. The zero-order valence-corrected chi connectivity index (χ0v) is 19.3. The number of carboxylic acid groups (broad SMARTS) is 1. The van der Waals surface area contributed by atoms with Crippen LogP contribution in [-0.2, 0) is 21.2 Å². The van der Waals surface area contributed by atoms with E-state index < -0.39 is 22.0 Å². The molecule has 6 nitrogen and oxygen atoms in total. The molecule has 33 heavy (non-hydrogen) atoms. The van der Waals surface area contributed by atoms with Crippen molar-refractivity contribution >= 4 is 26.9 Å². The highest BCUT2D eigenvalue weighted by Crippen LogP contribution is 2.27. The lowest BCUT2D eigenvalue weighted by atomic mass is 10.0. The average Bonchev–Trinajstić information content (AvgIpc) is 3.19. The fourth-order valence-electron chi connectivity index (χ4n) is 3.98. The normalized spacial score (nSPS) is 13.6. The van der Waals surface area contributed by atoms with E-state index in [1.54, 1.807) is 42.6 Å². The zero-order chi connectivity index (χ0) is 23.6. The molecule has 0 fully saturated rings. The van der Waals surface area contributed by atoms with Crippen molar-refractivity contribution in [2.45, 2.75) is 37.2 Å². The van der Waals surface area contributed by atoms with Crippen LogP contribution >= 0.6 is 0 Å². The summed E-state index contributed by atoms with van der Waals surface area (Å²) in [5, 5.41) is 13.8. The topological polar surface area (TPSA) is 88.4 Å². The van der Waals surface area contributed by atoms with Gasteiger partial charge in [-0.05, 0) is 43.2 Å². The molecule has 4 rings (SSSR count). The van der Waals surface area contributed by atoms with Gasteiger partial charge in [0.1, 0.15) is 6.04 Å². The van der Waals surface area contributed by atoms with Gasteiger partial charge in [-0.2, -0.15) is 0 Å². The second kappa shape index (κ2) is 9.21. The molecule has 3 aromatic carbocycles. The highest BCUT2D eigenvalue weighted by molar-refractivity contribution is 7.90. The highest BCUT2D eigenvalue weighted by atomic mass is 32.2. The van der Waals surface area contributed by atoms with Crippen LogP contribution in [0.2, 0.25) is 0 Å². The molecule has 0 saturated carbocycles. The Hall–Kier alpha value is -3.42. The van der Waals surface area contributed by atoms with E-state index in [0.717, 1.165) is 11.1 Å². The van der Waals surface area contributed by atoms with Crippen molar-refractivity contribution in [3.63, 3.8) is 0 Å². The molecule has 2 atom stereocenters. The Morgan fingerprint density at radius 3 is 2.27 bits per heavy atom. The lowest BCUT2D eigenvalue weighted by Gasteiger charge is -2.20.